The second-order valence-corrected chi connectivity index (χ2v) is 4.52. The van der Waals surface area contributed by atoms with E-state index in [1.165, 1.54) is 0 Å². The average molecular weight is 286 g/mol. The molecule has 0 saturated carbocycles. The van der Waals surface area contributed by atoms with Gasteiger partial charge in [0, 0.05) is 11.8 Å². The van der Waals surface area contributed by atoms with Crippen molar-refractivity contribution >= 4 is 5.91 Å². The van der Waals surface area contributed by atoms with E-state index in [1.54, 1.807) is 38.6 Å². The number of rotatable bonds is 5. The molecule has 21 heavy (non-hydrogen) atoms. The molecule has 0 radical (unpaired) electrons. The molecule has 0 aliphatic carbocycles. The topological polar surface area (TPSA) is 60.5 Å². The molecule has 0 bridgehead atoms. The molecule has 2 aromatic rings. The van der Waals surface area contributed by atoms with Crippen molar-refractivity contribution in [3.05, 3.63) is 53.9 Å². The SMILES string of the molecule is COc1ccc(OC)c(C(C)NC(=O)c2ccccn2)c1. The Bertz CT molecular complexity index is 614. The van der Waals surface area contributed by atoms with Gasteiger partial charge in [-0.25, -0.2) is 0 Å². The van der Waals surface area contributed by atoms with Crippen LogP contribution < -0.4 is 14.8 Å². The largest absolute Gasteiger partial charge is 0.497 e. The number of amides is 1. The zero-order chi connectivity index (χ0) is 15.2. The summed E-state index contributed by atoms with van der Waals surface area (Å²) in [4.78, 5) is 16.2. The molecule has 1 atom stereocenters. The van der Waals surface area contributed by atoms with Crippen molar-refractivity contribution in [3.8, 4) is 11.5 Å². The number of methoxy groups -OCH3 is 2. The van der Waals surface area contributed by atoms with Crippen molar-refractivity contribution in [1.29, 1.82) is 0 Å². The maximum atomic E-state index is 12.1. The van der Waals surface area contributed by atoms with E-state index in [4.69, 9.17) is 9.47 Å². The first-order valence-corrected chi connectivity index (χ1v) is 6.59. The summed E-state index contributed by atoms with van der Waals surface area (Å²) in [6.45, 7) is 1.89. The molecule has 1 N–H and O–H groups in total. The molecule has 0 aliphatic heterocycles. The normalized spacial score (nSPS) is 11.6. The first-order valence-electron chi connectivity index (χ1n) is 6.59. The summed E-state index contributed by atoms with van der Waals surface area (Å²) < 4.78 is 10.5. The lowest BCUT2D eigenvalue weighted by atomic mass is 10.1. The maximum absolute atomic E-state index is 12.1. The number of nitrogens with one attached hydrogen (secondary N) is 1. The Morgan fingerprint density at radius 2 is 2.00 bits per heavy atom. The third-order valence-corrected chi connectivity index (χ3v) is 3.15. The van der Waals surface area contributed by atoms with Crippen molar-refractivity contribution in [2.24, 2.45) is 0 Å². The van der Waals surface area contributed by atoms with Crippen LogP contribution in [-0.4, -0.2) is 25.1 Å². The molecule has 1 aromatic carbocycles. The Kier molecular flexibility index (Phi) is 4.77. The number of carbonyl (C=O) groups excluding carboxylic acids is 1. The molecule has 1 heterocycles. The van der Waals surface area contributed by atoms with E-state index in [1.807, 2.05) is 25.1 Å². The lowest BCUT2D eigenvalue weighted by Crippen LogP contribution is -2.27. The Morgan fingerprint density at radius 3 is 2.62 bits per heavy atom. The third kappa shape index (κ3) is 3.51. The summed E-state index contributed by atoms with van der Waals surface area (Å²) in [6.07, 6.45) is 1.59. The minimum Gasteiger partial charge on any atom is -0.497 e. The summed E-state index contributed by atoms with van der Waals surface area (Å²) in [7, 11) is 3.20. The van der Waals surface area contributed by atoms with Crippen molar-refractivity contribution in [1.82, 2.24) is 10.3 Å². The fourth-order valence-corrected chi connectivity index (χ4v) is 2.02. The summed E-state index contributed by atoms with van der Waals surface area (Å²) in [5, 5.41) is 2.90. The van der Waals surface area contributed by atoms with Gasteiger partial charge in [0.1, 0.15) is 17.2 Å². The molecule has 0 saturated heterocycles. The van der Waals surface area contributed by atoms with Gasteiger partial charge < -0.3 is 14.8 Å². The number of pyridine rings is 1. The summed E-state index contributed by atoms with van der Waals surface area (Å²) in [5.41, 5.74) is 1.23. The number of benzene rings is 1. The minimum absolute atomic E-state index is 0.229. The van der Waals surface area contributed by atoms with E-state index in [0.29, 0.717) is 17.2 Å². The Hall–Kier alpha value is -2.56. The van der Waals surface area contributed by atoms with Crippen LogP contribution in [0.5, 0.6) is 11.5 Å². The molecule has 110 valence electrons. The molecule has 0 aliphatic rings. The predicted molar refractivity (Wildman–Crippen MR) is 79.7 cm³/mol. The van der Waals surface area contributed by atoms with Gasteiger partial charge in [-0.05, 0) is 37.3 Å². The van der Waals surface area contributed by atoms with Gasteiger partial charge in [-0.1, -0.05) is 6.07 Å². The van der Waals surface area contributed by atoms with E-state index < -0.39 is 0 Å². The highest BCUT2D eigenvalue weighted by Gasteiger charge is 2.16. The van der Waals surface area contributed by atoms with Crippen LogP contribution in [-0.2, 0) is 0 Å². The lowest BCUT2D eigenvalue weighted by Gasteiger charge is -2.18. The van der Waals surface area contributed by atoms with Gasteiger partial charge in [-0.3, -0.25) is 9.78 Å². The zero-order valence-electron chi connectivity index (χ0n) is 12.3. The van der Waals surface area contributed by atoms with Gasteiger partial charge >= 0.3 is 0 Å². The van der Waals surface area contributed by atoms with Gasteiger partial charge in [0.05, 0.1) is 20.3 Å². The van der Waals surface area contributed by atoms with Crippen LogP contribution in [0.2, 0.25) is 0 Å². The van der Waals surface area contributed by atoms with E-state index >= 15 is 0 Å². The van der Waals surface area contributed by atoms with E-state index in [2.05, 4.69) is 10.3 Å². The number of nitrogens with zero attached hydrogens (tertiary/aromatic N) is 1. The predicted octanol–water partition coefficient (Wildman–Crippen LogP) is 2.59. The molecule has 2 rings (SSSR count). The Labute approximate surface area is 123 Å². The van der Waals surface area contributed by atoms with Crippen molar-refractivity contribution in [3.63, 3.8) is 0 Å². The monoisotopic (exact) mass is 286 g/mol. The molecular weight excluding hydrogens is 268 g/mol. The van der Waals surface area contributed by atoms with Crippen molar-refractivity contribution in [2.45, 2.75) is 13.0 Å². The van der Waals surface area contributed by atoms with Crippen LogP contribution in [0.25, 0.3) is 0 Å². The number of ether oxygens (including phenoxy) is 2. The van der Waals surface area contributed by atoms with Gasteiger partial charge in [0.15, 0.2) is 0 Å². The second kappa shape index (κ2) is 6.74. The third-order valence-electron chi connectivity index (χ3n) is 3.15. The highest BCUT2D eigenvalue weighted by atomic mass is 16.5. The fourth-order valence-electron chi connectivity index (χ4n) is 2.02. The van der Waals surface area contributed by atoms with Gasteiger partial charge in [0.25, 0.3) is 5.91 Å². The number of hydrogen-bond donors (Lipinski definition) is 1. The van der Waals surface area contributed by atoms with Crippen LogP contribution >= 0.6 is 0 Å². The van der Waals surface area contributed by atoms with Crippen LogP contribution in [0.15, 0.2) is 42.6 Å². The summed E-state index contributed by atoms with van der Waals surface area (Å²) in [6, 6.07) is 10.5. The van der Waals surface area contributed by atoms with Gasteiger partial charge in [-0.15, -0.1) is 0 Å². The summed E-state index contributed by atoms with van der Waals surface area (Å²) >= 11 is 0. The molecule has 1 aromatic heterocycles. The quantitative estimate of drug-likeness (QED) is 0.917. The van der Waals surface area contributed by atoms with E-state index in [9.17, 15) is 4.79 Å². The maximum Gasteiger partial charge on any atom is 0.270 e. The fraction of sp³-hybridized carbons (Fsp3) is 0.250. The smallest absolute Gasteiger partial charge is 0.270 e. The lowest BCUT2D eigenvalue weighted by molar-refractivity contribution is 0.0934. The Morgan fingerprint density at radius 1 is 1.19 bits per heavy atom. The highest BCUT2D eigenvalue weighted by molar-refractivity contribution is 5.92. The first-order chi connectivity index (χ1) is 10.2. The Balaban J connectivity index is 2.20. The van der Waals surface area contributed by atoms with Crippen LogP contribution in [0, 0.1) is 0 Å². The van der Waals surface area contributed by atoms with Crippen LogP contribution in [0.3, 0.4) is 0 Å². The second-order valence-electron chi connectivity index (χ2n) is 4.52. The van der Waals surface area contributed by atoms with Crippen molar-refractivity contribution < 1.29 is 14.3 Å². The molecule has 0 fully saturated rings. The number of hydrogen-bond acceptors (Lipinski definition) is 4. The summed E-state index contributed by atoms with van der Waals surface area (Å²) in [5.74, 6) is 1.18. The minimum atomic E-state index is -0.232. The van der Waals surface area contributed by atoms with Crippen LogP contribution in [0.1, 0.15) is 29.0 Å². The van der Waals surface area contributed by atoms with Gasteiger partial charge in [-0.2, -0.15) is 0 Å². The molecule has 5 heteroatoms. The van der Waals surface area contributed by atoms with E-state index in [-0.39, 0.29) is 11.9 Å². The van der Waals surface area contributed by atoms with E-state index in [0.717, 1.165) is 5.56 Å². The molecule has 0 spiro atoms. The number of carbonyl (C=O) groups is 1. The number of aromatic nitrogens is 1. The zero-order valence-corrected chi connectivity index (χ0v) is 12.3. The first kappa shape index (κ1) is 14.8. The van der Waals surface area contributed by atoms with Gasteiger partial charge in [0.2, 0.25) is 0 Å². The molecular formula is C16H18N2O3. The molecule has 1 unspecified atom stereocenters. The standard InChI is InChI=1S/C16H18N2O3/c1-11(18-16(19)14-6-4-5-9-17-14)13-10-12(20-2)7-8-15(13)21-3/h4-11H,1-3H3,(H,18,19). The van der Waals surface area contributed by atoms with Crippen molar-refractivity contribution in [2.75, 3.05) is 14.2 Å². The average Bonchev–Trinajstić information content (AvgIpc) is 2.54. The van der Waals surface area contributed by atoms with Crippen LogP contribution in [0.4, 0.5) is 0 Å². The molecule has 1 amide bonds. The molecule has 5 nitrogen and oxygen atoms in total. The highest BCUT2D eigenvalue weighted by Crippen LogP contribution is 2.29.